The Hall–Kier alpha value is -1.53. The van der Waals surface area contributed by atoms with Gasteiger partial charge in [0.2, 0.25) is 5.88 Å². The molecule has 0 unspecified atom stereocenters. The van der Waals surface area contributed by atoms with E-state index < -0.39 is 0 Å². The van der Waals surface area contributed by atoms with E-state index in [0.717, 1.165) is 0 Å². The van der Waals surface area contributed by atoms with E-state index in [1.165, 1.54) is 18.3 Å². The molecule has 0 aliphatic rings. The van der Waals surface area contributed by atoms with Crippen molar-refractivity contribution in [3.8, 4) is 11.6 Å². The zero-order valence-corrected chi connectivity index (χ0v) is 11.5. The summed E-state index contributed by atoms with van der Waals surface area (Å²) < 4.78 is 19.2. The second-order valence-corrected chi connectivity index (χ2v) is 4.72. The highest BCUT2D eigenvalue weighted by atomic mass is 79.9. The van der Waals surface area contributed by atoms with E-state index in [1.54, 1.807) is 18.2 Å². The van der Waals surface area contributed by atoms with Crippen molar-refractivity contribution in [2.24, 2.45) is 5.73 Å². The third kappa shape index (κ3) is 3.02. The maximum atomic E-state index is 13.1. The van der Waals surface area contributed by atoms with Gasteiger partial charge in [-0.3, -0.25) is 0 Å². The average Bonchev–Trinajstić information content (AvgIpc) is 2.34. The molecule has 0 aliphatic heterocycles. The van der Waals surface area contributed by atoms with E-state index in [2.05, 4.69) is 20.9 Å². The minimum atomic E-state index is -0.382. The van der Waals surface area contributed by atoms with E-state index >= 15 is 0 Å². The summed E-state index contributed by atoms with van der Waals surface area (Å²) in [5.41, 5.74) is 6.10. The highest BCUT2D eigenvalue weighted by molar-refractivity contribution is 9.10. The number of pyridine rings is 1. The minimum absolute atomic E-state index is 0.265. The smallest absolute Gasteiger partial charge is 0.219 e. The Labute approximate surface area is 117 Å². The van der Waals surface area contributed by atoms with Crippen LogP contribution >= 0.6 is 28.1 Å². The summed E-state index contributed by atoms with van der Waals surface area (Å²) >= 11 is 8.08. The van der Waals surface area contributed by atoms with Gasteiger partial charge in [0.1, 0.15) is 16.6 Å². The fourth-order valence-electron chi connectivity index (χ4n) is 1.25. The van der Waals surface area contributed by atoms with Gasteiger partial charge in [-0.1, -0.05) is 12.2 Å². The first-order valence-electron chi connectivity index (χ1n) is 4.95. The molecule has 18 heavy (non-hydrogen) atoms. The van der Waals surface area contributed by atoms with Crippen molar-refractivity contribution in [1.29, 1.82) is 0 Å². The summed E-state index contributed by atoms with van der Waals surface area (Å²) in [7, 11) is 0. The number of thiocarbonyl (C=S) groups is 1. The minimum Gasteiger partial charge on any atom is -0.438 e. The predicted octanol–water partition coefficient (Wildman–Crippen LogP) is 3.41. The molecule has 1 aromatic carbocycles. The maximum Gasteiger partial charge on any atom is 0.219 e. The Balaban J connectivity index is 2.23. The molecule has 0 radical (unpaired) electrons. The van der Waals surface area contributed by atoms with Crippen LogP contribution in [0, 0.1) is 5.82 Å². The van der Waals surface area contributed by atoms with Crippen molar-refractivity contribution >= 4 is 33.1 Å². The molecule has 3 nitrogen and oxygen atoms in total. The van der Waals surface area contributed by atoms with Gasteiger partial charge in [0, 0.05) is 23.9 Å². The van der Waals surface area contributed by atoms with Crippen LogP contribution < -0.4 is 10.5 Å². The molecule has 1 heterocycles. The van der Waals surface area contributed by atoms with E-state index in [4.69, 9.17) is 22.7 Å². The number of hydrogen-bond acceptors (Lipinski definition) is 3. The second kappa shape index (κ2) is 5.41. The summed E-state index contributed by atoms with van der Waals surface area (Å²) in [4.78, 5) is 4.30. The average molecular weight is 327 g/mol. The topological polar surface area (TPSA) is 48.1 Å². The van der Waals surface area contributed by atoms with Gasteiger partial charge in [-0.05, 0) is 34.1 Å². The molecular weight excluding hydrogens is 319 g/mol. The molecule has 0 spiro atoms. The van der Waals surface area contributed by atoms with Gasteiger partial charge < -0.3 is 10.5 Å². The molecular formula is C12H8BrFN2OS. The number of aromatic nitrogens is 1. The molecule has 0 aliphatic carbocycles. The SMILES string of the molecule is NC(=S)c1ccc(Oc2cc(F)ccc2Br)nc1. The van der Waals surface area contributed by atoms with Crippen LogP contribution in [0.4, 0.5) is 4.39 Å². The molecule has 1 aromatic heterocycles. The Morgan fingerprint density at radius 1 is 1.33 bits per heavy atom. The van der Waals surface area contributed by atoms with E-state index in [9.17, 15) is 4.39 Å². The van der Waals surface area contributed by atoms with Crippen LogP contribution in [0.5, 0.6) is 11.6 Å². The Kier molecular flexibility index (Phi) is 3.88. The molecule has 2 aromatic rings. The van der Waals surface area contributed by atoms with Gasteiger partial charge in [0.25, 0.3) is 0 Å². The number of rotatable bonds is 3. The van der Waals surface area contributed by atoms with Crippen molar-refractivity contribution in [3.05, 3.63) is 52.4 Å². The number of nitrogens with zero attached hydrogens (tertiary/aromatic N) is 1. The number of benzene rings is 1. The summed E-state index contributed by atoms with van der Waals surface area (Å²) in [5, 5.41) is 0. The maximum absolute atomic E-state index is 13.1. The molecule has 0 saturated carbocycles. The van der Waals surface area contributed by atoms with Crippen molar-refractivity contribution in [1.82, 2.24) is 4.98 Å². The Morgan fingerprint density at radius 3 is 2.72 bits per heavy atom. The summed E-state index contributed by atoms with van der Waals surface area (Å²) in [5.74, 6) is 0.305. The van der Waals surface area contributed by atoms with Crippen LogP contribution in [-0.4, -0.2) is 9.97 Å². The van der Waals surface area contributed by atoms with Gasteiger partial charge in [-0.2, -0.15) is 0 Å². The third-order valence-corrected chi connectivity index (χ3v) is 3.02. The lowest BCUT2D eigenvalue weighted by molar-refractivity contribution is 0.455. The molecule has 2 N–H and O–H groups in total. The lowest BCUT2D eigenvalue weighted by Gasteiger charge is -2.07. The van der Waals surface area contributed by atoms with Gasteiger partial charge >= 0.3 is 0 Å². The van der Waals surface area contributed by atoms with Gasteiger partial charge in [-0.25, -0.2) is 9.37 Å². The van der Waals surface area contributed by atoms with Crippen molar-refractivity contribution in [2.75, 3.05) is 0 Å². The first-order valence-corrected chi connectivity index (χ1v) is 6.15. The molecule has 2 rings (SSSR count). The van der Waals surface area contributed by atoms with Crippen LogP contribution in [0.15, 0.2) is 41.0 Å². The molecule has 0 bridgehead atoms. The van der Waals surface area contributed by atoms with Crippen molar-refractivity contribution in [2.45, 2.75) is 0 Å². The normalized spacial score (nSPS) is 10.1. The lowest BCUT2D eigenvalue weighted by Crippen LogP contribution is -2.09. The van der Waals surface area contributed by atoms with E-state index in [0.29, 0.717) is 21.7 Å². The number of nitrogens with two attached hydrogens (primary N) is 1. The van der Waals surface area contributed by atoms with Crippen LogP contribution in [0.1, 0.15) is 5.56 Å². The predicted molar refractivity (Wildman–Crippen MR) is 74.3 cm³/mol. The molecule has 92 valence electrons. The monoisotopic (exact) mass is 326 g/mol. The second-order valence-electron chi connectivity index (χ2n) is 3.43. The molecule has 0 saturated heterocycles. The van der Waals surface area contributed by atoms with E-state index in [-0.39, 0.29) is 10.8 Å². The Bertz CT molecular complexity index is 589. The van der Waals surface area contributed by atoms with Crippen LogP contribution in [0.3, 0.4) is 0 Å². The van der Waals surface area contributed by atoms with Crippen molar-refractivity contribution in [3.63, 3.8) is 0 Å². The fraction of sp³-hybridized carbons (Fsp3) is 0. The lowest BCUT2D eigenvalue weighted by atomic mass is 10.3. The quantitative estimate of drug-likeness (QED) is 0.878. The highest BCUT2D eigenvalue weighted by Crippen LogP contribution is 2.29. The standard InChI is InChI=1S/C12H8BrFN2OS/c13-9-3-2-8(14)5-10(9)17-11-4-1-7(6-16-11)12(15)18/h1-6H,(H2,15,18). The third-order valence-electron chi connectivity index (χ3n) is 2.13. The van der Waals surface area contributed by atoms with Crippen molar-refractivity contribution < 1.29 is 9.13 Å². The van der Waals surface area contributed by atoms with Crippen LogP contribution in [0.2, 0.25) is 0 Å². The summed E-state index contributed by atoms with van der Waals surface area (Å²) in [6.45, 7) is 0. The van der Waals surface area contributed by atoms with Gasteiger partial charge in [0.15, 0.2) is 0 Å². The first kappa shape index (κ1) is 12.9. The molecule has 0 fully saturated rings. The summed E-state index contributed by atoms with van der Waals surface area (Å²) in [6, 6.07) is 7.48. The zero-order valence-electron chi connectivity index (χ0n) is 9.06. The van der Waals surface area contributed by atoms with Crippen LogP contribution in [-0.2, 0) is 0 Å². The zero-order chi connectivity index (χ0) is 13.1. The van der Waals surface area contributed by atoms with Gasteiger partial charge in [-0.15, -0.1) is 0 Å². The summed E-state index contributed by atoms with van der Waals surface area (Å²) in [6.07, 6.45) is 1.50. The highest BCUT2D eigenvalue weighted by Gasteiger charge is 2.06. The number of ether oxygens (including phenoxy) is 1. The molecule has 0 amide bonds. The van der Waals surface area contributed by atoms with Gasteiger partial charge in [0.05, 0.1) is 4.47 Å². The molecule has 6 heteroatoms. The first-order chi connectivity index (χ1) is 8.56. The number of halogens is 2. The Morgan fingerprint density at radius 2 is 2.11 bits per heavy atom. The van der Waals surface area contributed by atoms with E-state index in [1.807, 2.05) is 0 Å². The molecule has 0 atom stereocenters. The fourth-order valence-corrected chi connectivity index (χ4v) is 1.70. The number of hydrogen-bond donors (Lipinski definition) is 1. The van der Waals surface area contributed by atoms with Crippen LogP contribution in [0.25, 0.3) is 0 Å². The largest absolute Gasteiger partial charge is 0.438 e.